The van der Waals surface area contributed by atoms with Crippen molar-refractivity contribution in [1.29, 1.82) is 0 Å². The fourth-order valence-electron chi connectivity index (χ4n) is 3.52. The fourth-order valence-corrected chi connectivity index (χ4v) is 4.13. The lowest BCUT2D eigenvalue weighted by Gasteiger charge is -2.28. The summed E-state index contributed by atoms with van der Waals surface area (Å²) < 4.78 is 3.32. The smallest absolute Gasteiger partial charge is 0.174 e. The number of aromatic nitrogens is 2. The summed E-state index contributed by atoms with van der Waals surface area (Å²) in [5.74, 6) is 0. The van der Waals surface area contributed by atoms with Gasteiger partial charge in [-0.1, -0.05) is 22.0 Å². The van der Waals surface area contributed by atoms with E-state index >= 15 is 0 Å². The van der Waals surface area contributed by atoms with Gasteiger partial charge >= 0.3 is 0 Å². The van der Waals surface area contributed by atoms with Crippen LogP contribution in [0.2, 0.25) is 0 Å². The van der Waals surface area contributed by atoms with Crippen molar-refractivity contribution in [3.05, 3.63) is 82.9 Å². The Kier molecular flexibility index (Phi) is 4.78. The maximum atomic E-state index is 5.73. The number of anilines is 1. The quantitative estimate of drug-likeness (QED) is 0.604. The predicted molar refractivity (Wildman–Crippen MR) is 112 cm³/mol. The summed E-state index contributed by atoms with van der Waals surface area (Å²) in [6, 6.07) is 18.6. The number of hydrogen-bond acceptors (Lipinski definition) is 2. The Labute approximate surface area is 167 Å². The number of nitrogens with one attached hydrogen (secondary N) is 1. The molecule has 0 amide bonds. The number of thiocarbonyl (C=S) groups is 1. The number of rotatable bonds is 4. The average Bonchev–Trinajstić information content (AvgIpc) is 3.27. The zero-order valence-electron chi connectivity index (χ0n) is 14.3. The van der Waals surface area contributed by atoms with E-state index in [0.717, 1.165) is 27.5 Å². The molecule has 0 bridgehead atoms. The predicted octanol–water partition coefficient (Wildman–Crippen LogP) is 4.84. The molecule has 1 saturated heterocycles. The first-order chi connectivity index (χ1) is 12.7. The average molecular weight is 427 g/mol. The third-order valence-electron chi connectivity index (χ3n) is 4.71. The summed E-state index contributed by atoms with van der Waals surface area (Å²) in [4.78, 5) is 6.78. The first kappa shape index (κ1) is 17.2. The van der Waals surface area contributed by atoms with Gasteiger partial charge in [-0.3, -0.25) is 4.98 Å². The van der Waals surface area contributed by atoms with Crippen LogP contribution in [0.25, 0.3) is 0 Å². The molecule has 4 rings (SSSR count). The second kappa shape index (κ2) is 7.21. The number of halogens is 1. The van der Waals surface area contributed by atoms with Gasteiger partial charge in [0, 0.05) is 34.8 Å². The molecule has 0 unspecified atom stereocenters. The SMILES string of the molecule is CCn1cccc1[C@H]1[C@H](c2ccccn2)NC(=S)N1c1ccc(Br)cc1. The molecule has 1 N–H and O–H groups in total. The minimum absolute atomic E-state index is 0.00690. The van der Waals surface area contributed by atoms with Gasteiger partial charge < -0.3 is 14.8 Å². The van der Waals surface area contributed by atoms with Crippen LogP contribution in [0.5, 0.6) is 0 Å². The van der Waals surface area contributed by atoms with Crippen molar-refractivity contribution in [2.75, 3.05) is 4.90 Å². The molecule has 0 saturated carbocycles. The molecule has 1 aromatic carbocycles. The van der Waals surface area contributed by atoms with Crippen LogP contribution in [0.1, 0.15) is 30.4 Å². The molecule has 2 aromatic heterocycles. The van der Waals surface area contributed by atoms with Gasteiger partial charge in [0.2, 0.25) is 0 Å². The molecule has 132 valence electrons. The molecule has 26 heavy (non-hydrogen) atoms. The highest BCUT2D eigenvalue weighted by atomic mass is 79.9. The van der Waals surface area contributed by atoms with Crippen LogP contribution in [0.3, 0.4) is 0 Å². The second-order valence-electron chi connectivity index (χ2n) is 6.19. The van der Waals surface area contributed by atoms with Crippen molar-refractivity contribution in [1.82, 2.24) is 14.9 Å². The third-order valence-corrected chi connectivity index (χ3v) is 5.55. The van der Waals surface area contributed by atoms with E-state index in [2.05, 4.69) is 79.2 Å². The van der Waals surface area contributed by atoms with Gasteiger partial charge in [-0.2, -0.15) is 0 Å². The zero-order valence-corrected chi connectivity index (χ0v) is 16.7. The minimum Gasteiger partial charge on any atom is -0.351 e. The molecule has 0 aliphatic carbocycles. The summed E-state index contributed by atoms with van der Waals surface area (Å²) >= 11 is 9.24. The van der Waals surface area contributed by atoms with Gasteiger partial charge in [-0.25, -0.2) is 0 Å². The van der Waals surface area contributed by atoms with Crippen LogP contribution < -0.4 is 10.2 Å². The van der Waals surface area contributed by atoms with Crippen LogP contribution in [-0.4, -0.2) is 14.7 Å². The standard InChI is InChI=1S/C20H19BrN4S/c1-2-24-13-5-7-17(24)19-18(16-6-3-4-12-22-16)23-20(26)25(19)15-10-8-14(21)9-11-15/h3-13,18-19H,2H2,1H3,(H,23,26)/t18-,19-/m0/s1. The number of hydrogen-bond donors (Lipinski definition) is 1. The first-order valence-corrected chi connectivity index (χ1v) is 9.80. The van der Waals surface area contributed by atoms with Gasteiger partial charge in [0.05, 0.1) is 11.7 Å². The van der Waals surface area contributed by atoms with Gasteiger partial charge in [-0.15, -0.1) is 0 Å². The van der Waals surface area contributed by atoms with Gasteiger partial charge in [0.1, 0.15) is 6.04 Å². The lowest BCUT2D eigenvalue weighted by molar-refractivity contribution is 0.529. The highest BCUT2D eigenvalue weighted by Gasteiger charge is 2.41. The molecule has 4 nitrogen and oxygen atoms in total. The fraction of sp³-hybridized carbons (Fsp3) is 0.200. The minimum atomic E-state index is -0.00690. The van der Waals surface area contributed by atoms with Gasteiger partial charge in [0.25, 0.3) is 0 Å². The molecule has 1 aliphatic rings. The van der Waals surface area contributed by atoms with E-state index in [4.69, 9.17) is 12.2 Å². The van der Waals surface area contributed by atoms with Gasteiger partial charge in [-0.05, 0) is 67.7 Å². The summed E-state index contributed by atoms with van der Waals surface area (Å²) in [5.41, 5.74) is 3.28. The summed E-state index contributed by atoms with van der Waals surface area (Å²) in [6.45, 7) is 3.07. The zero-order chi connectivity index (χ0) is 18.1. The third kappa shape index (κ3) is 3.04. The van der Waals surface area contributed by atoms with E-state index in [0.29, 0.717) is 0 Å². The lowest BCUT2D eigenvalue weighted by atomic mass is 10.0. The van der Waals surface area contributed by atoms with E-state index in [1.165, 1.54) is 5.69 Å². The molecular weight excluding hydrogens is 408 g/mol. The maximum absolute atomic E-state index is 5.73. The molecule has 0 radical (unpaired) electrons. The largest absolute Gasteiger partial charge is 0.351 e. The molecule has 1 fully saturated rings. The van der Waals surface area contributed by atoms with E-state index in [1.807, 2.05) is 30.5 Å². The normalized spacial score (nSPS) is 19.6. The van der Waals surface area contributed by atoms with Crippen LogP contribution in [0, 0.1) is 0 Å². The Morgan fingerprint density at radius 1 is 1.12 bits per heavy atom. The van der Waals surface area contributed by atoms with Crippen molar-refractivity contribution in [2.45, 2.75) is 25.6 Å². The topological polar surface area (TPSA) is 33.1 Å². The van der Waals surface area contributed by atoms with Gasteiger partial charge in [0.15, 0.2) is 5.11 Å². The molecule has 3 aromatic rings. The Morgan fingerprint density at radius 2 is 1.92 bits per heavy atom. The Morgan fingerprint density at radius 3 is 2.62 bits per heavy atom. The molecule has 2 atom stereocenters. The monoisotopic (exact) mass is 426 g/mol. The van der Waals surface area contributed by atoms with E-state index < -0.39 is 0 Å². The van der Waals surface area contributed by atoms with Crippen LogP contribution >= 0.6 is 28.1 Å². The molecule has 3 heterocycles. The lowest BCUT2D eigenvalue weighted by Crippen LogP contribution is -2.30. The summed E-state index contributed by atoms with van der Waals surface area (Å²) in [5, 5.41) is 4.21. The van der Waals surface area contributed by atoms with Crippen LogP contribution in [0.15, 0.2) is 71.5 Å². The van der Waals surface area contributed by atoms with E-state index in [9.17, 15) is 0 Å². The number of aryl methyl sites for hydroxylation is 1. The first-order valence-electron chi connectivity index (χ1n) is 8.60. The second-order valence-corrected chi connectivity index (χ2v) is 7.49. The molecule has 0 spiro atoms. The van der Waals surface area contributed by atoms with Crippen molar-refractivity contribution >= 4 is 38.9 Å². The van der Waals surface area contributed by atoms with Crippen molar-refractivity contribution < 1.29 is 0 Å². The van der Waals surface area contributed by atoms with Crippen molar-refractivity contribution in [3.8, 4) is 0 Å². The number of nitrogens with zero attached hydrogens (tertiary/aromatic N) is 3. The van der Waals surface area contributed by atoms with Crippen LogP contribution in [-0.2, 0) is 6.54 Å². The van der Waals surface area contributed by atoms with E-state index in [-0.39, 0.29) is 12.1 Å². The maximum Gasteiger partial charge on any atom is 0.174 e. The highest BCUT2D eigenvalue weighted by Crippen LogP contribution is 2.41. The Hall–Kier alpha value is -2.18. The Bertz CT molecular complexity index is 907. The number of pyridine rings is 1. The van der Waals surface area contributed by atoms with E-state index in [1.54, 1.807) is 0 Å². The summed E-state index contributed by atoms with van der Waals surface area (Å²) in [7, 11) is 0. The summed E-state index contributed by atoms with van der Waals surface area (Å²) in [6.07, 6.45) is 3.95. The molecule has 6 heteroatoms. The number of benzene rings is 1. The highest BCUT2D eigenvalue weighted by molar-refractivity contribution is 9.10. The van der Waals surface area contributed by atoms with Crippen molar-refractivity contribution in [2.24, 2.45) is 0 Å². The molecular formula is C20H19BrN4S. The molecule has 1 aliphatic heterocycles. The van der Waals surface area contributed by atoms with Crippen LogP contribution in [0.4, 0.5) is 5.69 Å². The van der Waals surface area contributed by atoms with Crippen molar-refractivity contribution in [3.63, 3.8) is 0 Å². The Balaban J connectivity index is 1.84.